The molecule has 0 aliphatic carbocycles. The molecule has 1 nitrogen and oxygen atoms in total. The highest BCUT2D eigenvalue weighted by atomic mass is 127. The second-order valence-corrected chi connectivity index (χ2v) is 6.30. The topological polar surface area (TPSA) is 26.0 Å². The van der Waals surface area contributed by atoms with Gasteiger partial charge in [-0.05, 0) is 58.5 Å². The lowest BCUT2D eigenvalue weighted by molar-refractivity contribution is 1.37. The molecule has 2 aromatic carbocycles. The Kier molecular flexibility index (Phi) is 4.59. The number of nitrogen functional groups attached to an aromatic ring is 1. The number of rotatable bonds is 3. The van der Waals surface area contributed by atoms with Crippen molar-refractivity contribution in [3.63, 3.8) is 0 Å². The molecule has 0 saturated heterocycles. The summed E-state index contributed by atoms with van der Waals surface area (Å²) >= 11 is 10.0. The largest absolute Gasteiger partial charge is 0.398 e. The van der Waals surface area contributed by atoms with Crippen molar-refractivity contribution < 1.29 is 0 Å². The minimum absolute atomic E-state index is 0.623. The predicted octanol–water partition coefficient (Wildman–Crippen LogP) is 4.82. The molecule has 0 saturated carbocycles. The van der Waals surface area contributed by atoms with Crippen molar-refractivity contribution >= 4 is 51.6 Å². The van der Waals surface area contributed by atoms with Gasteiger partial charge in [0.2, 0.25) is 0 Å². The quantitative estimate of drug-likeness (QED) is 0.473. The molecule has 0 amide bonds. The van der Waals surface area contributed by atoms with Crippen LogP contribution in [0.15, 0.2) is 47.4 Å². The molecule has 88 valence electrons. The molecular formula is C13H11ClINS. The molecule has 4 heteroatoms. The van der Waals surface area contributed by atoms with Crippen LogP contribution in [-0.4, -0.2) is 0 Å². The van der Waals surface area contributed by atoms with E-state index in [1.807, 2.05) is 18.2 Å². The molecule has 0 radical (unpaired) electrons. The van der Waals surface area contributed by atoms with Crippen molar-refractivity contribution in [2.45, 2.75) is 10.6 Å². The molecule has 0 bridgehead atoms. The van der Waals surface area contributed by atoms with E-state index in [4.69, 9.17) is 17.3 Å². The fourth-order valence-electron chi connectivity index (χ4n) is 1.34. The Morgan fingerprint density at radius 1 is 1.12 bits per heavy atom. The summed E-state index contributed by atoms with van der Waals surface area (Å²) in [5, 5.41) is 0.623. The van der Waals surface area contributed by atoms with E-state index in [0.29, 0.717) is 10.7 Å². The molecule has 0 aliphatic rings. The Labute approximate surface area is 124 Å². The zero-order chi connectivity index (χ0) is 12.3. The summed E-state index contributed by atoms with van der Waals surface area (Å²) in [5.41, 5.74) is 7.61. The number of anilines is 1. The first kappa shape index (κ1) is 13.1. The Hall–Kier alpha value is -0.390. The summed E-state index contributed by atoms with van der Waals surface area (Å²) in [6.45, 7) is 0. The van der Waals surface area contributed by atoms with Crippen molar-refractivity contribution in [2.24, 2.45) is 0 Å². The first-order valence-corrected chi connectivity index (χ1v) is 7.51. The normalized spacial score (nSPS) is 10.5. The Bertz CT molecular complexity index is 513. The lowest BCUT2D eigenvalue weighted by Gasteiger charge is -2.04. The molecule has 2 N–H and O–H groups in total. The van der Waals surface area contributed by atoms with Gasteiger partial charge in [0.05, 0.1) is 10.7 Å². The third-order valence-corrected chi connectivity index (χ3v) is 4.40. The zero-order valence-electron chi connectivity index (χ0n) is 8.99. The molecule has 0 atom stereocenters. The number of hydrogen-bond donors (Lipinski definition) is 1. The highest BCUT2D eigenvalue weighted by Gasteiger charge is 2.00. The minimum atomic E-state index is 0.623. The highest BCUT2D eigenvalue weighted by molar-refractivity contribution is 14.1. The van der Waals surface area contributed by atoms with E-state index in [9.17, 15) is 0 Å². The molecule has 0 spiro atoms. The van der Waals surface area contributed by atoms with Gasteiger partial charge in [0, 0.05) is 14.2 Å². The van der Waals surface area contributed by atoms with E-state index in [-0.39, 0.29) is 0 Å². The Balaban J connectivity index is 2.02. The highest BCUT2D eigenvalue weighted by Crippen LogP contribution is 2.28. The monoisotopic (exact) mass is 375 g/mol. The van der Waals surface area contributed by atoms with Crippen LogP contribution >= 0.6 is 46.0 Å². The molecule has 2 rings (SSSR count). The SMILES string of the molecule is Nc1ccc(SCc2ccc(I)cc2)cc1Cl. The van der Waals surface area contributed by atoms with Crippen LogP contribution in [0.25, 0.3) is 0 Å². The number of benzene rings is 2. The zero-order valence-corrected chi connectivity index (χ0v) is 12.7. The van der Waals surface area contributed by atoms with Gasteiger partial charge >= 0.3 is 0 Å². The maximum absolute atomic E-state index is 5.98. The van der Waals surface area contributed by atoms with Gasteiger partial charge in [-0.3, -0.25) is 0 Å². The Morgan fingerprint density at radius 3 is 2.47 bits per heavy atom. The van der Waals surface area contributed by atoms with Gasteiger partial charge in [0.1, 0.15) is 0 Å². The Morgan fingerprint density at radius 2 is 1.82 bits per heavy atom. The standard InChI is InChI=1S/C13H11ClINS/c14-12-7-11(5-6-13(12)16)17-8-9-1-3-10(15)4-2-9/h1-7H,8,16H2. The van der Waals surface area contributed by atoms with Crippen molar-refractivity contribution in [3.05, 3.63) is 56.6 Å². The van der Waals surface area contributed by atoms with E-state index in [0.717, 1.165) is 10.6 Å². The van der Waals surface area contributed by atoms with Gasteiger partial charge in [-0.15, -0.1) is 11.8 Å². The fourth-order valence-corrected chi connectivity index (χ4v) is 2.84. The lowest BCUT2D eigenvalue weighted by Crippen LogP contribution is -1.86. The molecule has 0 fully saturated rings. The molecule has 0 unspecified atom stereocenters. The summed E-state index contributed by atoms with van der Waals surface area (Å²) in [7, 11) is 0. The van der Waals surface area contributed by atoms with Crippen molar-refractivity contribution in [1.82, 2.24) is 0 Å². The second kappa shape index (κ2) is 5.98. The number of thioether (sulfide) groups is 1. The van der Waals surface area contributed by atoms with E-state index < -0.39 is 0 Å². The van der Waals surface area contributed by atoms with Crippen LogP contribution in [-0.2, 0) is 5.75 Å². The minimum Gasteiger partial charge on any atom is -0.398 e. The summed E-state index contributed by atoms with van der Waals surface area (Å²) < 4.78 is 1.26. The van der Waals surface area contributed by atoms with Gasteiger partial charge in [0.25, 0.3) is 0 Å². The van der Waals surface area contributed by atoms with Crippen LogP contribution < -0.4 is 5.73 Å². The number of halogens is 2. The van der Waals surface area contributed by atoms with Gasteiger partial charge in [-0.1, -0.05) is 23.7 Å². The van der Waals surface area contributed by atoms with E-state index in [2.05, 4.69) is 46.9 Å². The second-order valence-electron chi connectivity index (χ2n) is 3.60. The van der Waals surface area contributed by atoms with E-state index >= 15 is 0 Å². The fraction of sp³-hybridized carbons (Fsp3) is 0.0769. The third kappa shape index (κ3) is 3.79. The van der Waals surface area contributed by atoms with Gasteiger partial charge < -0.3 is 5.73 Å². The smallest absolute Gasteiger partial charge is 0.0646 e. The van der Waals surface area contributed by atoms with Crippen LogP contribution in [0.5, 0.6) is 0 Å². The van der Waals surface area contributed by atoms with Crippen molar-refractivity contribution in [3.8, 4) is 0 Å². The van der Waals surface area contributed by atoms with Crippen molar-refractivity contribution in [1.29, 1.82) is 0 Å². The first-order chi connectivity index (χ1) is 8.15. The average Bonchev–Trinajstić information content (AvgIpc) is 2.33. The van der Waals surface area contributed by atoms with Gasteiger partial charge in [-0.25, -0.2) is 0 Å². The summed E-state index contributed by atoms with van der Waals surface area (Å²) in [5.74, 6) is 0.942. The summed E-state index contributed by atoms with van der Waals surface area (Å²) in [4.78, 5) is 1.14. The molecule has 17 heavy (non-hydrogen) atoms. The van der Waals surface area contributed by atoms with E-state index in [1.165, 1.54) is 9.13 Å². The van der Waals surface area contributed by atoms with E-state index in [1.54, 1.807) is 11.8 Å². The van der Waals surface area contributed by atoms with Gasteiger partial charge in [0.15, 0.2) is 0 Å². The molecular weight excluding hydrogens is 365 g/mol. The van der Waals surface area contributed by atoms with Crippen molar-refractivity contribution in [2.75, 3.05) is 5.73 Å². The van der Waals surface area contributed by atoms with Crippen LogP contribution in [0.2, 0.25) is 5.02 Å². The maximum atomic E-state index is 5.98. The molecule has 0 heterocycles. The van der Waals surface area contributed by atoms with Crippen LogP contribution in [0.4, 0.5) is 5.69 Å². The average molecular weight is 376 g/mol. The lowest BCUT2D eigenvalue weighted by atomic mass is 10.2. The maximum Gasteiger partial charge on any atom is 0.0646 e. The number of nitrogens with two attached hydrogens (primary N) is 1. The molecule has 0 aliphatic heterocycles. The molecule has 0 aromatic heterocycles. The van der Waals surface area contributed by atoms with Gasteiger partial charge in [-0.2, -0.15) is 0 Å². The molecule has 2 aromatic rings. The third-order valence-electron chi connectivity index (χ3n) is 2.29. The van der Waals surface area contributed by atoms with Crippen LogP contribution in [0, 0.1) is 3.57 Å². The summed E-state index contributed by atoms with van der Waals surface area (Å²) in [6.07, 6.45) is 0. The first-order valence-electron chi connectivity index (χ1n) is 5.07. The predicted molar refractivity (Wildman–Crippen MR) is 84.6 cm³/mol. The van der Waals surface area contributed by atoms with Crippen LogP contribution in [0.1, 0.15) is 5.56 Å². The summed E-state index contributed by atoms with van der Waals surface area (Å²) in [6, 6.07) is 14.3. The number of hydrogen-bond acceptors (Lipinski definition) is 2. The van der Waals surface area contributed by atoms with Crippen LogP contribution in [0.3, 0.4) is 0 Å².